The molecule has 0 radical (unpaired) electrons. The van der Waals surface area contributed by atoms with E-state index in [4.69, 9.17) is 10.6 Å². The zero-order valence-electron chi connectivity index (χ0n) is 13.0. The molecule has 0 saturated heterocycles. The van der Waals surface area contributed by atoms with E-state index in [0.717, 1.165) is 10.6 Å². The van der Waals surface area contributed by atoms with Gasteiger partial charge in [-0.05, 0) is 39.8 Å². The second-order valence-electron chi connectivity index (χ2n) is 5.80. The fourth-order valence-corrected chi connectivity index (χ4v) is 1.64. The molecule has 0 atom stereocenters. The third-order valence-corrected chi connectivity index (χ3v) is 2.55. The molecule has 0 heterocycles. The van der Waals surface area contributed by atoms with Crippen LogP contribution in [0.3, 0.4) is 0 Å². The lowest BCUT2D eigenvalue weighted by atomic mass is 10.1. The van der Waals surface area contributed by atoms with Gasteiger partial charge in [-0.25, -0.2) is 10.6 Å². The summed E-state index contributed by atoms with van der Waals surface area (Å²) in [6, 6.07) is 7.18. The van der Waals surface area contributed by atoms with Gasteiger partial charge in [-0.1, -0.05) is 17.7 Å². The molecule has 0 saturated carbocycles. The van der Waals surface area contributed by atoms with Gasteiger partial charge in [-0.3, -0.25) is 9.80 Å². The Kier molecular flexibility index (Phi) is 5.72. The number of alkyl carbamates (subject to hydrolysis) is 1. The minimum absolute atomic E-state index is 0.200. The standard InChI is InChI=1S/C15H23N3O3/c1-11-6-5-7-12(10-11)13(19)18(16)9-8-17-14(20)21-15(2,3)4/h5-7,10H,8-9,16H2,1-4H3,(H,17,20). The summed E-state index contributed by atoms with van der Waals surface area (Å²) in [6.07, 6.45) is -0.529. The molecule has 2 amide bonds. The molecular weight excluding hydrogens is 270 g/mol. The smallest absolute Gasteiger partial charge is 0.407 e. The van der Waals surface area contributed by atoms with Crippen molar-refractivity contribution < 1.29 is 14.3 Å². The number of carbonyl (C=O) groups excluding carboxylic acids is 2. The van der Waals surface area contributed by atoms with Gasteiger partial charge < -0.3 is 10.1 Å². The van der Waals surface area contributed by atoms with Gasteiger partial charge in [0.25, 0.3) is 5.91 Å². The molecule has 0 fully saturated rings. The number of amides is 2. The van der Waals surface area contributed by atoms with E-state index in [1.807, 2.05) is 13.0 Å². The quantitative estimate of drug-likeness (QED) is 0.504. The average Bonchev–Trinajstić information content (AvgIpc) is 2.35. The topological polar surface area (TPSA) is 84.7 Å². The lowest BCUT2D eigenvalue weighted by Crippen LogP contribution is -2.43. The van der Waals surface area contributed by atoms with E-state index in [2.05, 4.69) is 5.32 Å². The van der Waals surface area contributed by atoms with Crippen LogP contribution in [-0.2, 0) is 4.74 Å². The number of nitrogens with zero attached hydrogens (tertiary/aromatic N) is 1. The van der Waals surface area contributed by atoms with E-state index in [0.29, 0.717) is 5.56 Å². The van der Waals surface area contributed by atoms with Crippen molar-refractivity contribution >= 4 is 12.0 Å². The van der Waals surface area contributed by atoms with E-state index < -0.39 is 11.7 Å². The Bertz CT molecular complexity index is 509. The first-order valence-electron chi connectivity index (χ1n) is 6.79. The van der Waals surface area contributed by atoms with Gasteiger partial charge in [0, 0.05) is 12.1 Å². The van der Waals surface area contributed by atoms with Gasteiger partial charge in [0.2, 0.25) is 0 Å². The molecular formula is C15H23N3O3. The number of ether oxygens (including phenoxy) is 1. The van der Waals surface area contributed by atoms with Gasteiger partial charge in [-0.15, -0.1) is 0 Å². The number of nitrogens with one attached hydrogen (secondary N) is 1. The highest BCUT2D eigenvalue weighted by atomic mass is 16.6. The summed E-state index contributed by atoms with van der Waals surface area (Å²) in [7, 11) is 0. The molecule has 0 aliphatic heterocycles. The van der Waals surface area contributed by atoms with Gasteiger partial charge >= 0.3 is 6.09 Å². The number of aryl methyl sites for hydroxylation is 1. The highest BCUT2D eigenvalue weighted by molar-refractivity contribution is 5.94. The number of benzene rings is 1. The summed E-state index contributed by atoms with van der Waals surface area (Å²) in [5.74, 6) is 5.42. The lowest BCUT2D eigenvalue weighted by Gasteiger charge is -2.21. The van der Waals surface area contributed by atoms with Crippen LogP contribution in [0, 0.1) is 6.92 Å². The van der Waals surface area contributed by atoms with Crippen LogP contribution in [0.2, 0.25) is 0 Å². The van der Waals surface area contributed by atoms with Crippen LogP contribution in [0.4, 0.5) is 4.79 Å². The van der Waals surface area contributed by atoms with Gasteiger partial charge in [0.1, 0.15) is 5.60 Å². The van der Waals surface area contributed by atoms with Crippen molar-refractivity contribution in [1.29, 1.82) is 0 Å². The van der Waals surface area contributed by atoms with Crippen molar-refractivity contribution in [2.45, 2.75) is 33.3 Å². The summed E-state index contributed by atoms with van der Waals surface area (Å²) < 4.78 is 5.09. The first kappa shape index (κ1) is 17.0. The highest BCUT2D eigenvalue weighted by Gasteiger charge is 2.16. The normalized spacial score (nSPS) is 10.9. The number of hydrogen-bond acceptors (Lipinski definition) is 4. The number of hydrogen-bond donors (Lipinski definition) is 2. The van der Waals surface area contributed by atoms with Crippen LogP contribution in [0.5, 0.6) is 0 Å². The molecule has 0 aliphatic carbocycles. The largest absolute Gasteiger partial charge is 0.444 e. The molecule has 1 rings (SSSR count). The highest BCUT2D eigenvalue weighted by Crippen LogP contribution is 2.07. The van der Waals surface area contributed by atoms with Gasteiger partial charge in [0.15, 0.2) is 0 Å². The Morgan fingerprint density at radius 2 is 2.00 bits per heavy atom. The molecule has 0 aromatic heterocycles. The van der Waals surface area contributed by atoms with Crippen molar-refractivity contribution in [1.82, 2.24) is 10.3 Å². The molecule has 6 heteroatoms. The maximum atomic E-state index is 12.1. The van der Waals surface area contributed by atoms with Crippen LogP contribution >= 0.6 is 0 Å². The summed E-state index contributed by atoms with van der Waals surface area (Å²) in [5.41, 5.74) is 0.958. The van der Waals surface area contributed by atoms with Crippen LogP contribution in [0.15, 0.2) is 24.3 Å². The summed E-state index contributed by atoms with van der Waals surface area (Å²) in [4.78, 5) is 23.5. The van der Waals surface area contributed by atoms with Gasteiger partial charge in [0.05, 0.1) is 6.54 Å². The van der Waals surface area contributed by atoms with Crippen molar-refractivity contribution in [3.05, 3.63) is 35.4 Å². The zero-order valence-corrected chi connectivity index (χ0v) is 13.0. The van der Waals surface area contributed by atoms with Crippen molar-refractivity contribution in [3.8, 4) is 0 Å². The van der Waals surface area contributed by atoms with E-state index in [-0.39, 0.29) is 19.0 Å². The molecule has 0 aliphatic rings. The van der Waals surface area contributed by atoms with Crippen LogP contribution in [-0.4, -0.2) is 35.7 Å². The molecule has 6 nitrogen and oxygen atoms in total. The molecule has 1 aromatic carbocycles. The molecule has 1 aromatic rings. The van der Waals surface area contributed by atoms with E-state index in [1.165, 1.54) is 0 Å². The summed E-state index contributed by atoms with van der Waals surface area (Å²) in [5, 5.41) is 3.63. The fourth-order valence-electron chi connectivity index (χ4n) is 1.64. The maximum Gasteiger partial charge on any atom is 0.407 e. The summed E-state index contributed by atoms with van der Waals surface area (Å²) >= 11 is 0. The summed E-state index contributed by atoms with van der Waals surface area (Å²) in [6.45, 7) is 7.67. The number of carbonyl (C=O) groups is 2. The Morgan fingerprint density at radius 1 is 1.33 bits per heavy atom. The Morgan fingerprint density at radius 3 is 2.57 bits per heavy atom. The predicted molar refractivity (Wildman–Crippen MR) is 80.6 cm³/mol. The fraction of sp³-hybridized carbons (Fsp3) is 0.467. The molecule has 3 N–H and O–H groups in total. The number of hydrazine groups is 1. The first-order chi connectivity index (χ1) is 9.69. The third-order valence-electron chi connectivity index (χ3n) is 2.55. The zero-order chi connectivity index (χ0) is 16.0. The lowest BCUT2D eigenvalue weighted by molar-refractivity contribution is 0.0514. The molecule has 0 spiro atoms. The monoisotopic (exact) mass is 293 g/mol. The van der Waals surface area contributed by atoms with Crippen molar-refractivity contribution in [3.63, 3.8) is 0 Å². The Labute approximate surface area is 125 Å². The molecule has 21 heavy (non-hydrogen) atoms. The van der Waals surface area contributed by atoms with E-state index in [9.17, 15) is 9.59 Å². The average molecular weight is 293 g/mol. The third kappa shape index (κ3) is 6.27. The van der Waals surface area contributed by atoms with Crippen molar-refractivity contribution in [2.24, 2.45) is 5.84 Å². The Hall–Kier alpha value is -2.08. The predicted octanol–water partition coefficient (Wildman–Crippen LogP) is 1.84. The van der Waals surface area contributed by atoms with Gasteiger partial charge in [-0.2, -0.15) is 0 Å². The van der Waals surface area contributed by atoms with Crippen LogP contribution in [0.1, 0.15) is 36.7 Å². The maximum absolute atomic E-state index is 12.1. The van der Waals surface area contributed by atoms with Crippen molar-refractivity contribution in [2.75, 3.05) is 13.1 Å². The van der Waals surface area contributed by atoms with Crippen LogP contribution < -0.4 is 11.2 Å². The second-order valence-corrected chi connectivity index (χ2v) is 5.80. The molecule has 116 valence electrons. The second kappa shape index (κ2) is 7.08. The van der Waals surface area contributed by atoms with Crippen LogP contribution in [0.25, 0.3) is 0 Å². The first-order valence-corrected chi connectivity index (χ1v) is 6.79. The van der Waals surface area contributed by atoms with E-state index in [1.54, 1.807) is 39.0 Å². The molecule has 0 bridgehead atoms. The SMILES string of the molecule is Cc1cccc(C(=O)N(N)CCNC(=O)OC(C)(C)C)c1. The Balaban J connectivity index is 2.42. The minimum Gasteiger partial charge on any atom is -0.444 e. The minimum atomic E-state index is -0.552. The van der Waals surface area contributed by atoms with E-state index >= 15 is 0 Å². The number of nitrogens with two attached hydrogens (primary N) is 1. The molecule has 0 unspecified atom stereocenters. The number of rotatable bonds is 4.